The molecule has 0 bridgehead atoms. The molecule has 0 aliphatic carbocycles. The summed E-state index contributed by atoms with van der Waals surface area (Å²) in [5.41, 5.74) is -0.327. The quantitative estimate of drug-likeness (QED) is 0.755. The number of alkyl halides is 2. The first-order chi connectivity index (χ1) is 6.17. The maximum absolute atomic E-state index is 12.2. The topological polar surface area (TPSA) is 56.9 Å². The maximum atomic E-state index is 12.2. The lowest BCUT2D eigenvalue weighted by atomic mass is 10.2. The zero-order valence-corrected chi connectivity index (χ0v) is 6.54. The minimum absolute atomic E-state index is 0.0781. The highest BCUT2D eigenvalue weighted by Gasteiger charge is 2.10. The molecular weight excluding hydrogens is 178 g/mol. The van der Waals surface area contributed by atoms with Crippen LogP contribution in [0.3, 0.4) is 0 Å². The number of pyridine rings is 1. The van der Waals surface area contributed by atoms with E-state index in [9.17, 15) is 8.78 Å². The SMILES string of the molecule is N#Cc1cc(C(F)F)cc(CO)n1. The standard InChI is InChI=1S/C8H6F2N2O/c9-8(10)5-1-6(3-11)12-7(2-5)4-13/h1-2,8,13H,4H2. The van der Waals surface area contributed by atoms with Gasteiger partial charge in [0.15, 0.2) is 0 Å². The van der Waals surface area contributed by atoms with Crippen molar-refractivity contribution in [1.29, 1.82) is 5.26 Å². The average molecular weight is 184 g/mol. The van der Waals surface area contributed by atoms with Crippen LogP contribution in [0, 0.1) is 11.3 Å². The lowest BCUT2D eigenvalue weighted by Gasteiger charge is -2.01. The molecule has 0 saturated heterocycles. The lowest BCUT2D eigenvalue weighted by molar-refractivity contribution is 0.151. The van der Waals surface area contributed by atoms with Crippen molar-refractivity contribution in [2.45, 2.75) is 13.0 Å². The van der Waals surface area contributed by atoms with Crippen molar-refractivity contribution in [3.8, 4) is 6.07 Å². The minimum atomic E-state index is -2.65. The molecule has 68 valence electrons. The second-order valence-corrected chi connectivity index (χ2v) is 2.35. The largest absolute Gasteiger partial charge is 0.390 e. The van der Waals surface area contributed by atoms with Gasteiger partial charge in [0.05, 0.1) is 12.3 Å². The molecule has 0 aliphatic heterocycles. The van der Waals surface area contributed by atoms with Crippen molar-refractivity contribution in [3.05, 3.63) is 29.1 Å². The molecule has 0 aromatic carbocycles. The van der Waals surface area contributed by atoms with Crippen LogP contribution in [0.15, 0.2) is 12.1 Å². The Hall–Kier alpha value is -1.54. The molecule has 5 heteroatoms. The van der Waals surface area contributed by atoms with Crippen molar-refractivity contribution in [2.75, 3.05) is 0 Å². The van der Waals surface area contributed by atoms with Crippen LogP contribution in [0.2, 0.25) is 0 Å². The Morgan fingerprint density at radius 1 is 1.54 bits per heavy atom. The minimum Gasteiger partial charge on any atom is -0.390 e. The second-order valence-electron chi connectivity index (χ2n) is 2.35. The Kier molecular flexibility index (Phi) is 2.88. The third kappa shape index (κ3) is 2.20. The van der Waals surface area contributed by atoms with Crippen molar-refractivity contribution in [2.24, 2.45) is 0 Å². The molecule has 0 amide bonds. The number of hydrogen-bond acceptors (Lipinski definition) is 3. The monoisotopic (exact) mass is 184 g/mol. The van der Waals surface area contributed by atoms with Crippen LogP contribution in [0.5, 0.6) is 0 Å². The molecule has 0 atom stereocenters. The summed E-state index contributed by atoms with van der Waals surface area (Å²) in [4.78, 5) is 3.61. The van der Waals surface area contributed by atoms with E-state index < -0.39 is 13.0 Å². The summed E-state index contributed by atoms with van der Waals surface area (Å²) in [5.74, 6) is 0. The Bertz CT molecular complexity index is 346. The summed E-state index contributed by atoms with van der Waals surface area (Å²) in [6.07, 6.45) is -2.65. The van der Waals surface area contributed by atoms with Gasteiger partial charge in [0.2, 0.25) is 0 Å². The van der Waals surface area contributed by atoms with Crippen LogP contribution in [0.25, 0.3) is 0 Å². The zero-order valence-electron chi connectivity index (χ0n) is 6.54. The van der Waals surface area contributed by atoms with Gasteiger partial charge in [-0.15, -0.1) is 0 Å². The van der Waals surface area contributed by atoms with Gasteiger partial charge in [-0.3, -0.25) is 0 Å². The Balaban J connectivity index is 3.17. The van der Waals surface area contributed by atoms with E-state index in [0.717, 1.165) is 12.1 Å². The fourth-order valence-corrected chi connectivity index (χ4v) is 0.875. The van der Waals surface area contributed by atoms with Crippen LogP contribution in [0.4, 0.5) is 8.78 Å². The summed E-state index contributed by atoms with van der Waals surface area (Å²) < 4.78 is 24.4. The molecule has 13 heavy (non-hydrogen) atoms. The highest BCUT2D eigenvalue weighted by molar-refractivity contribution is 5.29. The van der Waals surface area contributed by atoms with Gasteiger partial charge in [0.25, 0.3) is 6.43 Å². The third-order valence-electron chi connectivity index (χ3n) is 1.43. The molecule has 0 aliphatic rings. The number of nitrogens with zero attached hydrogens (tertiary/aromatic N) is 2. The summed E-state index contributed by atoms with van der Waals surface area (Å²) >= 11 is 0. The number of aliphatic hydroxyl groups is 1. The van der Waals surface area contributed by atoms with Crippen LogP contribution < -0.4 is 0 Å². The van der Waals surface area contributed by atoms with E-state index in [1.54, 1.807) is 6.07 Å². The molecule has 0 saturated carbocycles. The van der Waals surface area contributed by atoms with Gasteiger partial charge in [0, 0.05) is 5.56 Å². The first-order valence-electron chi connectivity index (χ1n) is 3.47. The number of aliphatic hydroxyl groups excluding tert-OH is 1. The van der Waals surface area contributed by atoms with Gasteiger partial charge < -0.3 is 5.11 Å². The van der Waals surface area contributed by atoms with Crippen LogP contribution >= 0.6 is 0 Å². The summed E-state index contributed by atoms with van der Waals surface area (Å²) in [5, 5.41) is 17.1. The van der Waals surface area contributed by atoms with Gasteiger partial charge in [0.1, 0.15) is 11.8 Å². The fraction of sp³-hybridized carbons (Fsp3) is 0.250. The normalized spacial score (nSPS) is 10.1. The molecule has 1 N–H and O–H groups in total. The van der Waals surface area contributed by atoms with Gasteiger partial charge in [-0.1, -0.05) is 0 Å². The molecular formula is C8H6F2N2O. The molecule has 1 heterocycles. The number of aromatic nitrogens is 1. The van der Waals surface area contributed by atoms with Crippen molar-refractivity contribution in [3.63, 3.8) is 0 Å². The van der Waals surface area contributed by atoms with Crippen molar-refractivity contribution < 1.29 is 13.9 Å². The van der Waals surface area contributed by atoms with E-state index in [-0.39, 0.29) is 17.0 Å². The highest BCUT2D eigenvalue weighted by Crippen LogP contribution is 2.19. The maximum Gasteiger partial charge on any atom is 0.264 e. The summed E-state index contributed by atoms with van der Waals surface area (Å²) in [6, 6.07) is 3.72. The molecule has 0 radical (unpaired) electrons. The molecule has 0 fully saturated rings. The smallest absolute Gasteiger partial charge is 0.264 e. The van der Waals surface area contributed by atoms with Crippen LogP contribution in [-0.2, 0) is 6.61 Å². The number of hydrogen-bond donors (Lipinski definition) is 1. The lowest BCUT2D eigenvalue weighted by Crippen LogP contribution is -1.96. The van der Waals surface area contributed by atoms with E-state index in [0.29, 0.717) is 0 Å². The summed E-state index contributed by atoms with van der Waals surface area (Å²) in [7, 11) is 0. The van der Waals surface area contributed by atoms with Crippen molar-refractivity contribution >= 4 is 0 Å². The van der Waals surface area contributed by atoms with Gasteiger partial charge in [-0.25, -0.2) is 13.8 Å². The predicted octanol–water partition coefficient (Wildman–Crippen LogP) is 1.38. The first-order valence-corrected chi connectivity index (χ1v) is 3.47. The van der Waals surface area contributed by atoms with Crippen molar-refractivity contribution in [1.82, 2.24) is 4.98 Å². The Morgan fingerprint density at radius 2 is 2.23 bits per heavy atom. The highest BCUT2D eigenvalue weighted by atomic mass is 19.3. The molecule has 1 aromatic rings. The molecule has 0 unspecified atom stereocenters. The Labute approximate surface area is 73.3 Å². The van der Waals surface area contributed by atoms with E-state index in [2.05, 4.69) is 4.98 Å². The molecule has 1 rings (SSSR count). The fourth-order valence-electron chi connectivity index (χ4n) is 0.875. The molecule has 3 nitrogen and oxygen atoms in total. The second kappa shape index (κ2) is 3.92. The molecule has 0 spiro atoms. The Morgan fingerprint density at radius 3 is 2.69 bits per heavy atom. The van der Waals surface area contributed by atoms with E-state index >= 15 is 0 Å². The van der Waals surface area contributed by atoms with Crippen LogP contribution in [-0.4, -0.2) is 10.1 Å². The molecule has 1 aromatic heterocycles. The zero-order chi connectivity index (χ0) is 9.84. The number of nitriles is 1. The number of rotatable bonds is 2. The predicted molar refractivity (Wildman–Crippen MR) is 39.8 cm³/mol. The average Bonchev–Trinajstić information content (AvgIpc) is 2.16. The van der Waals surface area contributed by atoms with Gasteiger partial charge >= 0.3 is 0 Å². The van der Waals surface area contributed by atoms with E-state index in [1.165, 1.54) is 0 Å². The third-order valence-corrected chi connectivity index (χ3v) is 1.43. The van der Waals surface area contributed by atoms with E-state index in [1.807, 2.05) is 0 Å². The summed E-state index contributed by atoms with van der Waals surface area (Å²) in [6.45, 7) is -0.449. The van der Waals surface area contributed by atoms with Gasteiger partial charge in [-0.05, 0) is 12.1 Å². The van der Waals surface area contributed by atoms with Crippen LogP contribution in [0.1, 0.15) is 23.4 Å². The van der Waals surface area contributed by atoms with Gasteiger partial charge in [-0.2, -0.15) is 5.26 Å². The van der Waals surface area contributed by atoms with E-state index in [4.69, 9.17) is 10.4 Å². The number of halogens is 2. The first kappa shape index (κ1) is 9.55.